The largest absolute Gasteiger partial charge is 0.416 e. The lowest BCUT2D eigenvalue weighted by Crippen LogP contribution is -2.19. The topological polar surface area (TPSA) is 41.5 Å². The molecule has 1 saturated heterocycles. The average molecular weight is 383 g/mol. The van der Waals surface area contributed by atoms with Crippen LogP contribution in [0.1, 0.15) is 11.1 Å². The summed E-state index contributed by atoms with van der Waals surface area (Å²) in [5.41, 5.74) is 0.132. The Balaban J connectivity index is 1.83. The number of nitrogens with one attached hydrogen (secondary N) is 1. The summed E-state index contributed by atoms with van der Waals surface area (Å²) in [5, 5.41) is 3.50. The van der Waals surface area contributed by atoms with E-state index in [0.29, 0.717) is 21.4 Å². The predicted octanol–water partition coefficient (Wildman–Crippen LogP) is 5.25. The lowest BCUT2D eigenvalue weighted by molar-refractivity contribution is -0.137. The van der Waals surface area contributed by atoms with Crippen molar-refractivity contribution in [2.24, 2.45) is 4.99 Å². The highest BCUT2D eigenvalue weighted by Crippen LogP contribution is 2.32. The fourth-order valence-corrected chi connectivity index (χ4v) is 3.04. The van der Waals surface area contributed by atoms with E-state index in [1.165, 1.54) is 18.2 Å². The first-order chi connectivity index (χ1) is 11.8. The first-order valence-corrected chi connectivity index (χ1v) is 8.23. The molecule has 0 aromatic heterocycles. The first-order valence-electron chi connectivity index (χ1n) is 7.04. The number of amides is 1. The van der Waals surface area contributed by atoms with Crippen LogP contribution in [0.15, 0.2) is 58.4 Å². The van der Waals surface area contributed by atoms with Crippen LogP contribution in [0.25, 0.3) is 6.08 Å². The maximum atomic E-state index is 12.8. The number of hydrogen-bond donors (Lipinski definition) is 1. The van der Waals surface area contributed by atoms with Crippen molar-refractivity contribution in [2.75, 3.05) is 0 Å². The Morgan fingerprint density at radius 1 is 1.12 bits per heavy atom. The maximum absolute atomic E-state index is 12.8. The second kappa shape index (κ2) is 6.93. The van der Waals surface area contributed by atoms with E-state index in [9.17, 15) is 18.0 Å². The van der Waals surface area contributed by atoms with E-state index >= 15 is 0 Å². The van der Waals surface area contributed by atoms with E-state index in [0.717, 1.165) is 23.9 Å². The van der Waals surface area contributed by atoms with Gasteiger partial charge < -0.3 is 5.32 Å². The van der Waals surface area contributed by atoms with Gasteiger partial charge in [0, 0.05) is 5.02 Å². The third-order valence-corrected chi connectivity index (χ3v) is 4.38. The van der Waals surface area contributed by atoms with Crippen LogP contribution in [-0.2, 0) is 11.0 Å². The minimum Gasteiger partial charge on any atom is -0.300 e. The Morgan fingerprint density at radius 3 is 2.52 bits per heavy atom. The van der Waals surface area contributed by atoms with Crippen LogP contribution in [0.3, 0.4) is 0 Å². The van der Waals surface area contributed by atoms with E-state index in [1.54, 1.807) is 24.3 Å². The standard InChI is InChI=1S/C17H10ClF3N2OS/c18-12-4-6-13(7-5-12)22-16-23-15(24)14(25-16)9-10-2-1-3-11(8-10)17(19,20)21/h1-9H,(H,22,23,24)/b14-9-. The van der Waals surface area contributed by atoms with Crippen LogP contribution in [0.5, 0.6) is 0 Å². The SMILES string of the molecule is O=C1NC(=Nc2ccc(Cl)cc2)S/C1=C\c1cccc(C(F)(F)F)c1. The molecule has 0 radical (unpaired) electrons. The number of hydrogen-bond acceptors (Lipinski definition) is 3. The van der Waals surface area contributed by atoms with Gasteiger partial charge in [-0.3, -0.25) is 4.79 Å². The molecular weight excluding hydrogens is 373 g/mol. The van der Waals surface area contributed by atoms with Gasteiger partial charge in [-0.25, -0.2) is 4.99 Å². The van der Waals surface area contributed by atoms with Gasteiger partial charge >= 0.3 is 6.18 Å². The number of carbonyl (C=O) groups excluding carboxylic acids is 1. The number of benzene rings is 2. The van der Waals surface area contributed by atoms with Crippen LogP contribution < -0.4 is 5.32 Å². The Morgan fingerprint density at radius 2 is 1.84 bits per heavy atom. The summed E-state index contributed by atoms with van der Waals surface area (Å²) in [6, 6.07) is 11.5. The molecule has 3 rings (SSSR count). The molecule has 2 aromatic carbocycles. The Bertz CT molecular complexity index is 876. The molecule has 0 unspecified atom stereocenters. The highest BCUT2D eigenvalue weighted by molar-refractivity contribution is 8.18. The number of rotatable bonds is 2. The predicted molar refractivity (Wildman–Crippen MR) is 93.7 cm³/mol. The fourth-order valence-electron chi connectivity index (χ4n) is 2.07. The molecule has 25 heavy (non-hydrogen) atoms. The second-order valence-electron chi connectivity index (χ2n) is 5.08. The Kier molecular flexibility index (Phi) is 4.87. The highest BCUT2D eigenvalue weighted by Gasteiger charge is 2.30. The van der Waals surface area contributed by atoms with E-state index in [2.05, 4.69) is 10.3 Å². The van der Waals surface area contributed by atoms with Gasteiger partial charge in [0.05, 0.1) is 16.2 Å². The number of amidine groups is 1. The molecule has 2 aromatic rings. The molecule has 1 N–H and O–H groups in total. The number of nitrogens with zero attached hydrogens (tertiary/aromatic N) is 1. The molecule has 1 aliphatic heterocycles. The van der Waals surface area contributed by atoms with Crippen molar-refractivity contribution >= 4 is 46.2 Å². The second-order valence-corrected chi connectivity index (χ2v) is 6.55. The molecule has 0 aliphatic carbocycles. The van der Waals surface area contributed by atoms with Crippen molar-refractivity contribution in [1.82, 2.24) is 5.32 Å². The normalized spacial score (nSPS) is 18.0. The number of carbonyl (C=O) groups is 1. The van der Waals surface area contributed by atoms with Gasteiger partial charge in [0.1, 0.15) is 0 Å². The van der Waals surface area contributed by atoms with E-state index < -0.39 is 17.6 Å². The van der Waals surface area contributed by atoms with E-state index in [1.807, 2.05) is 0 Å². The zero-order chi connectivity index (χ0) is 18.0. The van der Waals surface area contributed by atoms with Gasteiger partial charge in [0.2, 0.25) is 0 Å². The van der Waals surface area contributed by atoms with E-state index in [-0.39, 0.29) is 4.91 Å². The van der Waals surface area contributed by atoms with Crippen LogP contribution in [0.2, 0.25) is 5.02 Å². The molecule has 128 valence electrons. The van der Waals surface area contributed by atoms with Crippen LogP contribution >= 0.6 is 23.4 Å². The first kappa shape index (κ1) is 17.6. The number of halogens is 4. The molecule has 0 saturated carbocycles. The van der Waals surface area contributed by atoms with Crippen molar-refractivity contribution in [3.05, 3.63) is 69.6 Å². The van der Waals surface area contributed by atoms with Gasteiger partial charge in [-0.2, -0.15) is 13.2 Å². The molecule has 1 amide bonds. The summed E-state index contributed by atoms with van der Waals surface area (Å²) in [6.45, 7) is 0. The van der Waals surface area contributed by atoms with Crippen molar-refractivity contribution in [2.45, 2.75) is 6.18 Å². The minimum absolute atomic E-state index is 0.270. The Labute approximate surface area is 150 Å². The summed E-state index contributed by atoms with van der Waals surface area (Å²) < 4.78 is 38.3. The molecule has 1 fully saturated rings. The molecule has 8 heteroatoms. The fraction of sp³-hybridized carbons (Fsp3) is 0.0588. The zero-order valence-corrected chi connectivity index (χ0v) is 14.0. The van der Waals surface area contributed by atoms with Crippen LogP contribution in [0, 0.1) is 0 Å². The quantitative estimate of drug-likeness (QED) is 0.721. The molecule has 1 aliphatic rings. The molecule has 0 spiro atoms. The third-order valence-electron chi connectivity index (χ3n) is 3.22. The lowest BCUT2D eigenvalue weighted by atomic mass is 10.1. The van der Waals surface area contributed by atoms with Crippen molar-refractivity contribution in [3.8, 4) is 0 Å². The minimum atomic E-state index is -4.43. The molecule has 1 heterocycles. The molecular formula is C17H10ClF3N2OS. The van der Waals surface area contributed by atoms with Gasteiger partial charge in [-0.1, -0.05) is 23.7 Å². The Hall–Kier alpha value is -2.25. The summed E-state index contributed by atoms with van der Waals surface area (Å²) in [4.78, 5) is 16.5. The zero-order valence-electron chi connectivity index (χ0n) is 12.5. The van der Waals surface area contributed by atoms with Crippen molar-refractivity contribution in [1.29, 1.82) is 0 Å². The lowest BCUT2D eigenvalue weighted by Gasteiger charge is -2.06. The summed E-state index contributed by atoms with van der Waals surface area (Å²) in [7, 11) is 0. The van der Waals surface area contributed by atoms with Gasteiger partial charge in [-0.05, 0) is 59.8 Å². The average Bonchev–Trinajstić information content (AvgIpc) is 2.88. The third kappa shape index (κ3) is 4.43. The summed E-state index contributed by atoms with van der Waals surface area (Å²) >= 11 is 6.86. The molecule has 0 atom stereocenters. The number of thioether (sulfide) groups is 1. The van der Waals surface area contributed by atoms with Crippen molar-refractivity contribution < 1.29 is 18.0 Å². The van der Waals surface area contributed by atoms with Crippen LogP contribution in [0.4, 0.5) is 18.9 Å². The number of aliphatic imine (C=N–C) groups is 1. The summed E-state index contributed by atoms with van der Waals surface area (Å²) in [5.74, 6) is -0.407. The van der Waals surface area contributed by atoms with E-state index in [4.69, 9.17) is 11.6 Å². The monoisotopic (exact) mass is 382 g/mol. The number of alkyl halides is 3. The maximum Gasteiger partial charge on any atom is 0.416 e. The summed E-state index contributed by atoms with van der Waals surface area (Å²) in [6.07, 6.45) is -3.03. The smallest absolute Gasteiger partial charge is 0.300 e. The van der Waals surface area contributed by atoms with Gasteiger partial charge in [0.15, 0.2) is 5.17 Å². The van der Waals surface area contributed by atoms with Crippen LogP contribution in [-0.4, -0.2) is 11.1 Å². The van der Waals surface area contributed by atoms with Gasteiger partial charge in [-0.15, -0.1) is 0 Å². The van der Waals surface area contributed by atoms with Gasteiger partial charge in [0.25, 0.3) is 5.91 Å². The molecule has 3 nitrogen and oxygen atoms in total. The molecule has 0 bridgehead atoms. The highest BCUT2D eigenvalue weighted by atomic mass is 35.5. The van der Waals surface area contributed by atoms with Crippen molar-refractivity contribution in [3.63, 3.8) is 0 Å².